The summed E-state index contributed by atoms with van der Waals surface area (Å²) in [5, 5.41) is 0.557. The number of carbonyl (C=O) groups is 1. The molecular weight excluding hydrogens is 373 g/mol. The first kappa shape index (κ1) is 16.4. The minimum atomic E-state index is -4.34. The van der Waals surface area contributed by atoms with Crippen LogP contribution in [0.5, 0.6) is 0 Å². The van der Waals surface area contributed by atoms with Gasteiger partial charge in [-0.15, -0.1) is 0 Å². The van der Waals surface area contributed by atoms with Crippen molar-refractivity contribution in [2.45, 2.75) is 38.5 Å². The van der Waals surface area contributed by atoms with Gasteiger partial charge in [0.25, 0.3) is 5.91 Å². The molecule has 1 unspecified atom stereocenters. The van der Waals surface area contributed by atoms with E-state index in [2.05, 4.69) is 15.9 Å². The molecule has 1 aliphatic heterocycles. The second-order valence-corrected chi connectivity index (χ2v) is 6.85. The molecule has 0 spiro atoms. The summed E-state index contributed by atoms with van der Waals surface area (Å²) < 4.78 is 40.2. The van der Waals surface area contributed by atoms with E-state index in [4.69, 9.17) is 0 Å². The Bertz CT molecular complexity index is 754. The summed E-state index contributed by atoms with van der Waals surface area (Å²) in [5.41, 5.74) is 0.748. The van der Waals surface area contributed by atoms with E-state index in [0.29, 0.717) is 27.5 Å². The first-order valence-corrected chi connectivity index (χ1v) is 8.21. The number of fused-ring (bicyclic) bond motifs is 1. The Balaban J connectivity index is 2.08. The first-order valence-electron chi connectivity index (χ1n) is 7.42. The lowest BCUT2D eigenvalue weighted by Crippen LogP contribution is -2.33. The molecule has 0 radical (unpaired) electrons. The highest BCUT2D eigenvalue weighted by molar-refractivity contribution is 9.10. The van der Waals surface area contributed by atoms with E-state index < -0.39 is 12.7 Å². The van der Waals surface area contributed by atoms with Gasteiger partial charge in [0.2, 0.25) is 0 Å². The van der Waals surface area contributed by atoms with E-state index in [1.807, 2.05) is 6.92 Å². The predicted molar refractivity (Wildman–Crippen MR) is 85.4 cm³/mol. The number of amides is 1. The third kappa shape index (κ3) is 3.24. The van der Waals surface area contributed by atoms with Crippen LogP contribution in [0.4, 0.5) is 13.2 Å². The number of carbonyl (C=O) groups excluding carboxylic acids is 1. The molecule has 1 amide bonds. The van der Waals surface area contributed by atoms with Gasteiger partial charge in [0.15, 0.2) is 0 Å². The summed E-state index contributed by atoms with van der Waals surface area (Å²) in [6, 6.07) is 5.18. The Morgan fingerprint density at radius 3 is 2.74 bits per heavy atom. The SMILES string of the molecule is CC1CCCN1C(=O)c1cn(CC(F)(F)F)c2cc(Br)ccc12. The van der Waals surface area contributed by atoms with Gasteiger partial charge in [-0.1, -0.05) is 22.0 Å². The average Bonchev–Trinajstić information content (AvgIpc) is 3.01. The highest BCUT2D eigenvalue weighted by Gasteiger charge is 2.32. The maximum Gasteiger partial charge on any atom is 0.406 e. The van der Waals surface area contributed by atoms with Crippen LogP contribution in [-0.2, 0) is 6.54 Å². The van der Waals surface area contributed by atoms with E-state index in [9.17, 15) is 18.0 Å². The number of nitrogens with zero attached hydrogens (tertiary/aromatic N) is 2. The second-order valence-electron chi connectivity index (χ2n) is 5.94. The number of rotatable bonds is 2. The van der Waals surface area contributed by atoms with Gasteiger partial charge >= 0.3 is 6.18 Å². The van der Waals surface area contributed by atoms with Gasteiger partial charge in [-0.25, -0.2) is 0 Å². The topological polar surface area (TPSA) is 25.2 Å². The van der Waals surface area contributed by atoms with E-state index >= 15 is 0 Å². The van der Waals surface area contributed by atoms with Crippen molar-refractivity contribution in [3.05, 3.63) is 34.4 Å². The van der Waals surface area contributed by atoms with Crippen molar-refractivity contribution in [1.82, 2.24) is 9.47 Å². The van der Waals surface area contributed by atoms with Crippen molar-refractivity contribution >= 4 is 32.7 Å². The zero-order chi connectivity index (χ0) is 16.8. The van der Waals surface area contributed by atoms with Crippen LogP contribution >= 0.6 is 15.9 Å². The maximum absolute atomic E-state index is 12.8. The molecule has 1 aromatic carbocycles. The predicted octanol–water partition coefficient (Wildman–Crippen LogP) is 4.59. The van der Waals surface area contributed by atoms with Gasteiger partial charge in [-0.2, -0.15) is 13.2 Å². The number of hydrogen-bond acceptors (Lipinski definition) is 1. The van der Waals surface area contributed by atoms with Crippen LogP contribution < -0.4 is 0 Å². The Kier molecular flexibility index (Phi) is 4.16. The molecule has 7 heteroatoms. The number of benzene rings is 1. The lowest BCUT2D eigenvalue weighted by atomic mass is 10.1. The largest absolute Gasteiger partial charge is 0.406 e. The van der Waals surface area contributed by atoms with Crippen LogP contribution in [0.3, 0.4) is 0 Å². The fourth-order valence-corrected chi connectivity index (χ4v) is 3.50. The standard InChI is InChI=1S/C16H16BrF3N2O/c1-10-3-2-6-22(10)15(23)13-8-21(9-16(18,19)20)14-7-11(17)4-5-12(13)14/h4-5,7-8,10H,2-3,6,9H2,1H3. The van der Waals surface area contributed by atoms with Crippen LogP contribution in [0, 0.1) is 0 Å². The summed E-state index contributed by atoms with van der Waals surface area (Å²) in [5.74, 6) is -0.191. The molecule has 0 aliphatic carbocycles. The number of alkyl halides is 3. The van der Waals surface area contributed by atoms with Gasteiger partial charge in [-0.05, 0) is 31.9 Å². The van der Waals surface area contributed by atoms with Crippen molar-refractivity contribution in [1.29, 1.82) is 0 Å². The molecule has 0 N–H and O–H groups in total. The molecule has 1 saturated heterocycles. The molecule has 2 aromatic rings. The highest BCUT2D eigenvalue weighted by Crippen LogP contribution is 2.30. The molecule has 23 heavy (non-hydrogen) atoms. The Morgan fingerprint density at radius 2 is 2.13 bits per heavy atom. The molecule has 1 aromatic heterocycles. The van der Waals surface area contributed by atoms with E-state index in [1.165, 1.54) is 6.20 Å². The summed E-state index contributed by atoms with van der Waals surface area (Å²) in [7, 11) is 0. The molecular formula is C16H16BrF3N2O. The van der Waals surface area contributed by atoms with Crippen molar-refractivity contribution in [2.75, 3.05) is 6.54 Å². The van der Waals surface area contributed by atoms with Crippen molar-refractivity contribution < 1.29 is 18.0 Å². The van der Waals surface area contributed by atoms with Crippen LogP contribution in [0.1, 0.15) is 30.1 Å². The highest BCUT2D eigenvalue weighted by atomic mass is 79.9. The zero-order valence-electron chi connectivity index (χ0n) is 12.5. The van der Waals surface area contributed by atoms with Gasteiger partial charge in [-0.3, -0.25) is 4.79 Å². The maximum atomic E-state index is 12.8. The monoisotopic (exact) mass is 388 g/mol. The lowest BCUT2D eigenvalue weighted by molar-refractivity contribution is -0.139. The van der Waals surface area contributed by atoms with Gasteiger partial charge in [0.05, 0.1) is 11.1 Å². The smallest absolute Gasteiger partial charge is 0.337 e. The molecule has 0 bridgehead atoms. The molecule has 3 nitrogen and oxygen atoms in total. The van der Waals surface area contributed by atoms with Gasteiger partial charge in [0, 0.05) is 28.6 Å². The number of aromatic nitrogens is 1. The third-order valence-corrected chi connectivity index (χ3v) is 4.73. The van der Waals surface area contributed by atoms with Crippen LogP contribution in [-0.4, -0.2) is 34.1 Å². The van der Waals surface area contributed by atoms with Gasteiger partial charge < -0.3 is 9.47 Å². The fraction of sp³-hybridized carbons (Fsp3) is 0.438. The molecule has 1 atom stereocenters. The molecule has 1 fully saturated rings. The van der Waals surface area contributed by atoms with Crippen molar-refractivity contribution in [2.24, 2.45) is 0 Å². The van der Waals surface area contributed by atoms with E-state index in [-0.39, 0.29) is 11.9 Å². The normalized spacial score (nSPS) is 18.8. The molecule has 1 aliphatic rings. The van der Waals surface area contributed by atoms with E-state index in [0.717, 1.165) is 17.4 Å². The van der Waals surface area contributed by atoms with Crippen LogP contribution in [0.15, 0.2) is 28.9 Å². The average molecular weight is 389 g/mol. The molecule has 3 rings (SSSR count). The summed E-state index contributed by atoms with van der Waals surface area (Å²) in [6.07, 6.45) is -1.15. The van der Waals surface area contributed by atoms with Gasteiger partial charge in [0.1, 0.15) is 6.54 Å². The zero-order valence-corrected chi connectivity index (χ0v) is 14.1. The Hall–Kier alpha value is -1.50. The fourth-order valence-electron chi connectivity index (χ4n) is 3.15. The number of hydrogen-bond donors (Lipinski definition) is 0. The Morgan fingerprint density at radius 1 is 1.39 bits per heavy atom. The van der Waals surface area contributed by atoms with E-state index in [1.54, 1.807) is 23.1 Å². The number of halogens is 4. The quantitative estimate of drug-likeness (QED) is 0.738. The van der Waals surface area contributed by atoms with Crippen molar-refractivity contribution in [3.8, 4) is 0 Å². The minimum Gasteiger partial charge on any atom is -0.337 e. The second kappa shape index (κ2) is 5.85. The summed E-state index contributed by atoms with van der Waals surface area (Å²) in [4.78, 5) is 14.5. The van der Waals surface area contributed by atoms with Crippen molar-refractivity contribution in [3.63, 3.8) is 0 Å². The lowest BCUT2D eigenvalue weighted by Gasteiger charge is -2.21. The van der Waals surface area contributed by atoms with Crippen LogP contribution in [0.2, 0.25) is 0 Å². The summed E-state index contributed by atoms with van der Waals surface area (Å²) in [6.45, 7) is 1.52. The Labute approximate surface area is 140 Å². The minimum absolute atomic E-state index is 0.124. The molecule has 2 heterocycles. The number of likely N-dealkylation sites (tertiary alicyclic amines) is 1. The molecule has 0 saturated carbocycles. The molecule has 124 valence electrons. The first-order chi connectivity index (χ1) is 10.8. The summed E-state index contributed by atoms with van der Waals surface area (Å²) >= 11 is 3.28. The van der Waals surface area contributed by atoms with Crippen LogP contribution in [0.25, 0.3) is 10.9 Å². The third-order valence-electron chi connectivity index (χ3n) is 4.24.